The van der Waals surface area contributed by atoms with Gasteiger partial charge in [0.25, 0.3) is 5.91 Å². The van der Waals surface area contributed by atoms with Crippen molar-refractivity contribution in [3.05, 3.63) is 72.8 Å². The summed E-state index contributed by atoms with van der Waals surface area (Å²) >= 11 is 0. The van der Waals surface area contributed by atoms with Gasteiger partial charge in [0, 0.05) is 30.0 Å². The maximum atomic E-state index is 12.6. The molecule has 0 bridgehead atoms. The van der Waals surface area contributed by atoms with Gasteiger partial charge in [0.1, 0.15) is 5.69 Å². The Kier molecular flexibility index (Phi) is 4.23. The minimum absolute atomic E-state index is 0.147. The lowest BCUT2D eigenvalue weighted by Crippen LogP contribution is -2.23. The molecule has 4 rings (SSSR count). The number of benzene rings is 2. The first-order valence-electron chi connectivity index (χ1n) is 8.52. The average molecular weight is 346 g/mol. The lowest BCUT2D eigenvalue weighted by Gasteiger charge is -2.16. The largest absolute Gasteiger partial charge is 0.321 e. The molecular weight excluding hydrogens is 328 g/mol. The van der Waals surface area contributed by atoms with E-state index < -0.39 is 0 Å². The summed E-state index contributed by atoms with van der Waals surface area (Å²) in [5.41, 5.74) is 2.86. The van der Waals surface area contributed by atoms with E-state index in [-0.39, 0.29) is 11.8 Å². The number of hydrogen-bond acceptors (Lipinski definition) is 3. The smallest absolute Gasteiger partial charge is 0.274 e. The van der Waals surface area contributed by atoms with Crippen LogP contribution >= 0.6 is 0 Å². The zero-order chi connectivity index (χ0) is 17.9. The molecule has 3 aromatic rings. The molecule has 1 fully saturated rings. The van der Waals surface area contributed by atoms with E-state index in [1.165, 1.54) is 0 Å². The Morgan fingerprint density at radius 3 is 2.46 bits per heavy atom. The number of carbonyl (C=O) groups excluding carboxylic acids is 2. The van der Waals surface area contributed by atoms with Crippen LogP contribution < -0.4 is 10.2 Å². The summed E-state index contributed by atoms with van der Waals surface area (Å²) in [4.78, 5) is 30.3. The van der Waals surface area contributed by atoms with Gasteiger partial charge < -0.3 is 10.2 Å². The first kappa shape index (κ1) is 16.1. The third-order valence-electron chi connectivity index (χ3n) is 4.42. The molecule has 0 spiro atoms. The Labute approximate surface area is 151 Å². The Balaban J connectivity index is 1.51. The minimum Gasteiger partial charge on any atom is -0.321 e. The van der Waals surface area contributed by atoms with E-state index in [1.807, 2.05) is 54.6 Å². The van der Waals surface area contributed by atoms with E-state index in [0.29, 0.717) is 17.8 Å². The SMILES string of the molecule is O=C(Nc1ccc(N2CCCC2=O)cc1)c1cncn1-c1ccccc1. The van der Waals surface area contributed by atoms with Crippen LogP contribution in [0.3, 0.4) is 0 Å². The maximum Gasteiger partial charge on any atom is 0.274 e. The van der Waals surface area contributed by atoms with Crippen molar-refractivity contribution in [3.8, 4) is 5.69 Å². The van der Waals surface area contributed by atoms with Gasteiger partial charge in [0.05, 0.1) is 12.5 Å². The second-order valence-electron chi connectivity index (χ2n) is 6.13. The van der Waals surface area contributed by atoms with Crippen molar-refractivity contribution in [2.24, 2.45) is 0 Å². The van der Waals surface area contributed by atoms with Crippen molar-refractivity contribution >= 4 is 23.2 Å². The number of aromatic nitrogens is 2. The third kappa shape index (κ3) is 3.09. The number of rotatable bonds is 4. The molecule has 0 atom stereocenters. The van der Waals surface area contributed by atoms with E-state index in [4.69, 9.17) is 0 Å². The molecule has 130 valence electrons. The summed E-state index contributed by atoms with van der Waals surface area (Å²) in [5, 5.41) is 2.88. The van der Waals surface area contributed by atoms with Gasteiger partial charge in [-0.15, -0.1) is 0 Å². The van der Waals surface area contributed by atoms with Gasteiger partial charge in [-0.3, -0.25) is 14.2 Å². The van der Waals surface area contributed by atoms with Crippen LogP contribution in [0.4, 0.5) is 11.4 Å². The zero-order valence-electron chi connectivity index (χ0n) is 14.1. The second kappa shape index (κ2) is 6.84. The summed E-state index contributed by atoms with van der Waals surface area (Å²) < 4.78 is 1.74. The molecule has 26 heavy (non-hydrogen) atoms. The quantitative estimate of drug-likeness (QED) is 0.788. The number of imidazole rings is 1. The lowest BCUT2D eigenvalue weighted by atomic mass is 10.2. The van der Waals surface area contributed by atoms with Crippen LogP contribution in [0.25, 0.3) is 5.69 Å². The Morgan fingerprint density at radius 1 is 1.00 bits per heavy atom. The topological polar surface area (TPSA) is 67.2 Å². The molecule has 1 saturated heterocycles. The summed E-state index contributed by atoms with van der Waals surface area (Å²) in [7, 11) is 0. The van der Waals surface area contributed by atoms with Crippen molar-refractivity contribution in [3.63, 3.8) is 0 Å². The van der Waals surface area contributed by atoms with E-state index in [1.54, 1.807) is 22.0 Å². The van der Waals surface area contributed by atoms with E-state index in [9.17, 15) is 9.59 Å². The van der Waals surface area contributed by atoms with Gasteiger partial charge in [-0.25, -0.2) is 4.98 Å². The van der Waals surface area contributed by atoms with Crippen LogP contribution in [0.1, 0.15) is 23.3 Å². The molecule has 1 N–H and O–H groups in total. The highest BCUT2D eigenvalue weighted by Crippen LogP contribution is 2.23. The molecular formula is C20H18N4O2. The molecule has 1 aromatic heterocycles. The first-order valence-corrected chi connectivity index (χ1v) is 8.52. The number of para-hydroxylation sites is 1. The Morgan fingerprint density at radius 2 is 1.77 bits per heavy atom. The fourth-order valence-corrected chi connectivity index (χ4v) is 3.10. The molecule has 2 aromatic carbocycles. The zero-order valence-corrected chi connectivity index (χ0v) is 14.1. The minimum atomic E-state index is -0.239. The van der Waals surface area contributed by atoms with Crippen LogP contribution in [0, 0.1) is 0 Å². The third-order valence-corrected chi connectivity index (χ3v) is 4.42. The maximum absolute atomic E-state index is 12.6. The Bertz CT molecular complexity index is 932. The lowest BCUT2D eigenvalue weighted by molar-refractivity contribution is -0.117. The highest BCUT2D eigenvalue weighted by Gasteiger charge is 2.21. The predicted molar refractivity (Wildman–Crippen MR) is 99.5 cm³/mol. The number of nitrogens with zero attached hydrogens (tertiary/aromatic N) is 3. The number of nitrogens with one attached hydrogen (secondary N) is 1. The van der Waals surface area contributed by atoms with Crippen molar-refractivity contribution in [1.29, 1.82) is 0 Å². The summed E-state index contributed by atoms with van der Waals surface area (Å²) in [5.74, 6) is -0.0927. The highest BCUT2D eigenvalue weighted by atomic mass is 16.2. The molecule has 2 heterocycles. The fraction of sp³-hybridized carbons (Fsp3) is 0.150. The van der Waals surface area contributed by atoms with Crippen LogP contribution in [0.15, 0.2) is 67.1 Å². The van der Waals surface area contributed by atoms with Crippen LogP contribution in [0.2, 0.25) is 0 Å². The summed E-state index contributed by atoms with van der Waals surface area (Å²) in [6.07, 6.45) is 4.65. The standard InChI is InChI=1S/C20H18N4O2/c25-19-7-4-12-23(19)17-10-8-15(9-11-17)22-20(26)18-13-21-14-24(18)16-5-2-1-3-6-16/h1-3,5-6,8-11,13-14H,4,7,12H2,(H,22,26). The van der Waals surface area contributed by atoms with Crippen molar-refractivity contribution < 1.29 is 9.59 Å². The van der Waals surface area contributed by atoms with Gasteiger partial charge in [0.15, 0.2) is 0 Å². The van der Waals surface area contributed by atoms with Crippen molar-refractivity contribution in [1.82, 2.24) is 9.55 Å². The molecule has 2 amide bonds. The van der Waals surface area contributed by atoms with Crippen LogP contribution in [-0.4, -0.2) is 27.9 Å². The number of amides is 2. The number of carbonyl (C=O) groups is 2. The van der Waals surface area contributed by atoms with Crippen molar-refractivity contribution in [2.45, 2.75) is 12.8 Å². The molecule has 6 heteroatoms. The van der Waals surface area contributed by atoms with Gasteiger partial charge in [-0.05, 0) is 42.8 Å². The highest BCUT2D eigenvalue weighted by molar-refractivity contribution is 6.03. The molecule has 0 saturated carbocycles. The van der Waals surface area contributed by atoms with Gasteiger partial charge in [0.2, 0.25) is 5.91 Å². The molecule has 0 aliphatic carbocycles. The normalized spacial score (nSPS) is 13.8. The molecule has 1 aliphatic rings. The average Bonchev–Trinajstić information content (AvgIpc) is 3.32. The van der Waals surface area contributed by atoms with Gasteiger partial charge >= 0.3 is 0 Å². The van der Waals surface area contributed by atoms with Gasteiger partial charge in [-0.1, -0.05) is 18.2 Å². The fourth-order valence-electron chi connectivity index (χ4n) is 3.10. The van der Waals surface area contributed by atoms with Crippen LogP contribution in [0.5, 0.6) is 0 Å². The second-order valence-corrected chi connectivity index (χ2v) is 6.13. The van der Waals surface area contributed by atoms with Gasteiger partial charge in [-0.2, -0.15) is 0 Å². The molecule has 6 nitrogen and oxygen atoms in total. The van der Waals surface area contributed by atoms with Crippen LogP contribution in [-0.2, 0) is 4.79 Å². The molecule has 0 radical (unpaired) electrons. The van der Waals surface area contributed by atoms with E-state index >= 15 is 0 Å². The molecule has 0 unspecified atom stereocenters. The monoisotopic (exact) mass is 346 g/mol. The van der Waals surface area contributed by atoms with E-state index in [0.717, 1.165) is 24.3 Å². The van der Waals surface area contributed by atoms with E-state index in [2.05, 4.69) is 10.3 Å². The van der Waals surface area contributed by atoms with Crippen molar-refractivity contribution in [2.75, 3.05) is 16.8 Å². The predicted octanol–water partition coefficient (Wildman–Crippen LogP) is 3.25. The molecule has 1 aliphatic heterocycles. The number of hydrogen-bond donors (Lipinski definition) is 1. The summed E-state index contributed by atoms with van der Waals surface area (Å²) in [6, 6.07) is 16.9. The summed E-state index contributed by atoms with van der Waals surface area (Å²) in [6.45, 7) is 0.751. The Hall–Kier alpha value is -3.41. The first-order chi connectivity index (χ1) is 12.7. The number of anilines is 2.